The molecule has 0 spiro atoms. The quantitative estimate of drug-likeness (QED) is 0.510. The Bertz CT molecular complexity index is 1120. The first-order valence-electron chi connectivity index (χ1n) is 10.6. The normalized spacial score (nSPS) is 16.8. The number of anilines is 2. The smallest absolute Gasteiger partial charge is 0.182 e. The third-order valence-corrected chi connectivity index (χ3v) is 7.30. The molecule has 12 heteroatoms. The van der Waals surface area contributed by atoms with Gasteiger partial charge in [0.2, 0.25) is 0 Å². The summed E-state index contributed by atoms with van der Waals surface area (Å²) in [6.45, 7) is 5.87. The van der Waals surface area contributed by atoms with Crippen molar-refractivity contribution in [3.8, 4) is 11.5 Å². The van der Waals surface area contributed by atoms with Gasteiger partial charge >= 0.3 is 0 Å². The van der Waals surface area contributed by atoms with Crippen molar-refractivity contribution in [2.75, 3.05) is 49.6 Å². The summed E-state index contributed by atoms with van der Waals surface area (Å²) in [4.78, 5) is 7.68. The predicted octanol–water partition coefficient (Wildman–Crippen LogP) is 0.309. The molecular weight excluding hydrogens is 451 g/mol. The van der Waals surface area contributed by atoms with Crippen molar-refractivity contribution in [1.82, 2.24) is 30.3 Å². The monoisotopic (exact) mass is 474 g/mol. The van der Waals surface area contributed by atoms with Crippen LogP contribution in [0.1, 0.15) is 11.4 Å². The third-order valence-electron chi connectivity index (χ3n) is 5.87. The van der Waals surface area contributed by atoms with Gasteiger partial charge in [-0.2, -0.15) is 0 Å². The Morgan fingerprint density at radius 2 is 1.94 bits per heavy atom. The summed E-state index contributed by atoms with van der Waals surface area (Å²) in [6, 6.07) is 4.99. The fourth-order valence-corrected chi connectivity index (χ4v) is 5.01. The van der Waals surface area contributed by atoms with E-state index in [2.05, 4.69) is 40.5 Å². The molecule has 2 aliphatic rings. The Morgan fingerprint density at radius 1 is 1.09 bits per heavy atom. The average molecular weight is 475 g/mol. The van der Waals surface area contributed by atoms with E-state index in [9.17, 15) is 4.39 Å². The van der Waals surface area contributed by atoms with Crippen LogP contribution in [0, 0.1) is 5.82 Å². The standard InChI is InChI=1S/C20H24ClFN8OSi/c21-13-1-2-14(22)18(32)12(13)10-30-4-3-23-20-16(30)9-15(25-28-20)19-24-17(26-27-19)11-29-5-7-31-8-6-29/h1-2,9H,3-8,10-11H2,32H3,(H,23,28)(H,24,26,27). The highest BCUT2D eigenvalue weighted by atomic mass is 35.5. The zero-order chi connectivity index (χ0) is 22.1. The molecule has 1 saturated heterocycles. The van der Waals surface area contributed by atoms with Crippen LogP contribution in [0.2, 0.25) is 5.02 Å². The number of hydrogen-bond donors (Lipinski definition) is 2. The molecule has 0 radical (unpaired) electrons. The summed E-state index contributed by atoms with van der Waals surface area (Å²) in [7, 11) is 0.582. The Kier molecular flexibility index (Phi) is 6.04. The summed E-state index contributed by atoms with van der Waals surface area (Å²) < 4.78 is 19.6. The number of hydrogen-bond acceptors (Lipinski definition) is 8. The van der Waals surface area contributed by atoms with E-state index >= 15 is 0 Å². The number of morpholine rings is 1. The van der Waals surface area contributed by atoms with Gasteiger partial charge in [0, 0.05) is 48.0 Å². The SMILES string of the molecule is Fc1ccc(Cl)c(CN2CCNc3nnc(-c4nnc(CN5CCOCC5)[nH]4)cc32)c1[SiH3]. The second-order valence-corrected chi connectivity index (χ2v) is 9.36. The fraction of sp³-hybridized carbons (Fsp3) is 0.400. The molecule has 168 valence electrons. The minimum Gasteiger partial charge on any atom is -0.379 e. The van der Waals surface area contributed by atoms with E-state index in [-0.39, 0.29) is 5.82 Å². The van der Waals surface area contributed by atoms with Crippen molar-refractivity contribution in [1.29, 1.82) is 0 Å². The molecule has 0 bridgehead atoms. The number of aromatic amines is 1. The van der Waals surface area contributed by atoms with Gasteiger partial charge in [-0.1, -0.05) is 11.6 Å². The molecule has 2 N–H and O–H groups in total. The molecule has 0 saturated carbocycles. The van der Waals surface area contributed by atoms with Crippen molar-refractivity contribution in [3.63, 3.8) is 0 Å². The minimum absolute atomic E-state index is 0.200. The second-order valence-electron chi connectivity index (χ2n) is 7.95. The molecule has 0 amide bonds. The number of halogens is 2. The minimum atomic E-state index is -0.200. The molecule has 9 nitrogen and oxygen atoms in total. The molecule has 1 fully saturated rings. The molecule has 2 aromatic heterocycles. The van der Waals surface area contributed by atoms with Crippen LogP contribution in [0.5, 0.6) is 0 Å². The van der Waals surface area contributed by atoms with Gasteiger partial charge in [0.1, 0.15) is 17.3 Å². The summed E-state index contributed by atoms with van der Waals surface area (Å²) in [5, 5.41) is 21.8. The largest absolute Gasteiger partial charge is 0.379 e. The Labute approximate surface area is 192 Å². The number of nitrogens with one attached hydrogen (secondary N) is 2. The van der Waals surface area contributed by atoms with Crippen molar-refractivity contribution in [2.45, 2.75) is 13.1 Å². The van der Waals surface area contributed by atoms with E-state index in [1.807, 2.05) is 6.07 Å². The van der Waals surface area contributed by atoms with Crippen LogP contribution in [0.25, 0.3) is 11.5 Å². The van der Waals surface area contributed by atoms with E-state index in [0.29, 0.717) is 50.9 Å². The van der Waals surface area contributed by atoms with Gasteiger partial charge < -0.3 is 19.9 Å². The maximum Gasteiger partial charge on any atom is 0.182 e. The van der Waals surface area contributed by atoms with E-state index < -0.39 is 0 Å². The Balaban J connectivity index is 1.39. The van der Waals surface area contributed by atoms with Crippen molar-refractivity contribution >= 4 is 38.5 Å². The molecule has 2 aliphatic heterocycles. The number of aromatic nitrogens is 5. The van der Waals surface area contributed by atoms with Gasteiger partial charge in [-0.25, -0.2) is 4.39 Å². The van der Waals surface area contributed by atoms with Crippen LogP contribution >= 0.6 is 11.6 Å². The highest BCUT2D eigenvalue weighted by Crippen LogP contribution is 2.31. The molecule has 0 unspecified atom stereocenters. The number of H-pyrrole nitrogens is 1. The number of fused-ring (bicyclic) bond motifs is 1. The lowest BCUT2D eigenvalue weighted by atomic mass is 10.1. The zero-order valence-electron chi connectivity index (χ0n) is 17.7. The molecule has 4 heterocycles. The Morgan fingerprint density at radius 3 is 2.78 bits per heavy atom. The van der Waals surface area contributed by atoms with Crippen molar-refractivity contribution < 1.29 is 9.13 Å². The first-order chi connectivity index (χ1) is 15.6. The van der Waals surface area contributed by atoms with Gasteiger partial charge in [-0.3, -0.25) is 4.90 Å². The summed E-state index contributed by atoms with van der Waals surface area (Å²) in [5.41, 5.74) is 2.32. The number of benzene rings is 1. The van der Waals surface area contributed by atoms with Crippen molar-refractivity contribution in [3.05, 3.63) is 40.4 Å². The highest BCUT2D eigenvalue weighted by molar-refractivity contribution is 6.38. The van der Waals surface area contributed by atoms with Crippen LogP contribution in [-0.2, 0) is 17.8 Å². The van der Waals surface area contributed by atoms with Crippen LogP contribution < -0.4 is 15.4 Å². The number of ether oxygens (including phenoxy) is 1. The van der Waals surface area contributed by atoms with Gasteiger partial charge in [-0.05, 0) is 28.9 Å². The lowest BCUT2D eigenvalue weighted by Crippen LogP contribution is -2.36. The first-order valence-corrected chi connectivity index (χ1v) is 12.0. The first kappa shape index (κ1) is 21.3. The topological polar surface area (TPSA) is 95.1 Å². The van der Waals surface area contributed by atoms with Crippen LogP contribution in [0.4, 0.5) is 15.9 Å². The van der Waals surface area contributed by atoms with Gasteiger partial charge in [0.15, 0.2) is 11.6 Å². The highest BCUT2D eigenvalue weighted by Gasteiger charge is 2.23. The van der Waals surface area contributed by atoms with Gasteiger partial charge in [0.05, 0.1) is 25.4 Å². The summed E-state index contributed by atoms with van der Waals surface area (Å²) >= 11 is 6.41. The van der Waals surface area contributed by atoms with Crippen molar-refractivity contribution in [2.24, 2.45) is 0 Å². The lowest BCUT2D eigenvalue weighted by molar-refractivity contribution is 0.0331. The van der Waals surface area contributed by atoms with E-state index in [4.69, 9.17) is 16.3 Å². The summed E-state index contributed by atoms with van der Waals surface area (Å²) in [5.74, 6) is 1.84. The maximum atomic E-state index is 14.2. The lowest BCUT2D eigenvalue weighted by Gasteiger charge is -2.32. The molecule has 0 atom stereocenters. The van der Waals surface area contributed by atoms with E-state index in [1.165, 1.54) is 6.07 Å². The molecule has 32 heavy (non-hydrogen) atoms. The number of nitrogens with zero attached hydrogens (tertiary/aromatic N) is 6. The molecule has 5 rings (SSSR count). The maximum absolute atomic E-state index is 14.2. The molecule has 1 aromatic carbocycles. The van der Waals surface area contributed by atoms with Crippen LogP contribution in [-0.4, -0.2) is 79.9 Å². The zero-order valence-corrected chi connectivity index (χ0v) is 20.5. The average Bonchev–Trinajstić information content (AvgIpc) is 3.28. The number of rotatable bonds is 5. The van der Waals surface area contributed by atoms with E-state index in [0.717, 1.165) is 56.5 Å². The molecular formula is C20H24ClFN8OSi. The van der Waals surface area contributed by atoms with E-state index in [1.54, 1.807) is 6.07 Å². The molecule has 0 aliphatic carbocycles. The fourth-order valence-electron chi connectivity index (χ4n) is 3.99. The molecule has 3 aromatic rings. The van der Waals surface area contributed by atoms with Gasteiger partial charge in [-0.15, -0.1) is 20.4 Å². The summed E-state index contributed by atoms with van der Waals surface area (Å²) in [6.07, 6.45) is 0. The predicted molar refractivity (Wildman–Crippen MR) is 124 cm³/mol. The third kappa shape index (κ3) is 4.33. The van der Waals surface area contributed by atoms with Crippen LogP contribution in [0.15, 0.2) is 18.2 Å². The van der Waals surface area contributed by atoms with Crippen LogP contribution in [0.3, 0.4) is 0 Å². The Hall–Kier alpha value is -2.60. The van der Waals surface area contributed by atoms with Gasteiger partial charge in [0.25, 0.3) is 0 Å². The second kappa shape index (κ2) is 9.10.